The van der Waals surface area contributed by atoms with Gasteiger partial charge >= 0.3 is 5.97 Å². The van der Waals surface area contributed by atoms with E-state index in [9.17, 15) is 14.3 Å². The normalized spacial score (nSPS) is 12.5. The lowest BCUT2D eigenvalue weighted by Gasteiger charge is -2.14. The van der Waals surface area contributed by atoms with Crippen LogP contribution in [0.4, 0.5) is 4.39 Å². The number of nitrogens with two attached hydrogens (primary N) is 1. The number of carboxylic acid groups (broad SMARTS) is 1. The lowest BCUT2D eigenvalue weighted by molar-refractivity contribution is -0.137. The molecule has 4 N–H and O–H groups in total. The molecule has 0 saturated heterocycles. The van der Waals surface area contributed by atoms with E-state index >= 15 is 0 Å². The number of phenols is 1. The highest BCUT2D eigenvalue weighted by molar-refractivity contribution is 5.68. The first-order chi connectivity index (χ1) is 6.93. The Labute approximate surface area is 86.1 Å². The highest BCUT2D eigenvalue weighted by atomic mass is 19.1. The maximum Gasteiger partial charge on any atom is 0.305 e. The number of benzene rings is 1. The molecule has 0 bridgehead atoms. The molecule has 5 heteroatoms. The molecule has 1 unspecified atom stereocenters. The van der Waals surface area contributed by atoms with E-state index in [1.807, 2.05) is 0 Å². The Morgan fingerprint density at radius 3 is 2.73 bits per heavy atom. The van der Waals surface area contributed by atoms with E-state index in [4.69, 9.17) is 10.8 Å². The maximum atomic E-state index is 13.0. The number of aliphatic carboxylic acids is 1. The molecule has 0 spiro atoms. The third kappa shape index (κ3) is 2.44. The lowest BCUT2D eigenvalue weighted by atomic mass is 9.98. The van der Waals surface area contributed by atoms with Gasteiger partial charge in [0.05, 0.1) is 6.42 Å². The minimum Gasteiger partial charge on any atom is -0.505 e. The largest absolute Gasteiger partial charge is 0.505 e. The van der Waals surface area contributed by atoms with Crippen LogP contribution in [0.15, 0.2) is 12.1 Å². The van der Waals surface area contributed by atoms with Crippen LogP contribution >= 0.6 is 0 Å². The van der Waals surface area contributed by atoms with E-state index in [2.05, 4.69) is 0 Å². The predicted molar refractivity (Wildman–Crippen MR) is 52.0 cm³/mol. The summed E-state index contributed by atoms with van der Waals surface area (Å²) in [6, 6.07) is 1.66. The Hall–Kier alpha value is -1.62. The number of hydrogen-bond donors (Lipinski definition) is 3. The first-order valence-corrected chi connectivity index (χ1v) is 4.38. The Kier molecular flexibility index (Phi) is 3.26. The van der Waals surface area contributed by atoms with Crippen LogP contribution in [0.3, 0.4) is 0 Å². The highest BCUT2D eigenvalue weighted by Crippen LogP contribution is 2.30. The summed E-state index contributed by atoms with van der Waals surface area (Å²) in [4.78, 5) is 10.4. The third-order valence-corrected chi connectivity index (χ3v) is 2.15. The van der Waals surface area contributed by atoms with Crippen molar-refractivity contribution in [1.29, 1.82) is 0 Å². The summed E-state index contributed by atoms with van der Waals surface area (Å²) in [5.41, 5.74) is 6.28. The Bertz CT molecular complexity index is 392. The number of rotatable bonds is 3. The molecule has 1 atom stereocenters. The fourth-order valence-corrected chi connectivity index (χ4v) is 1.44. The van der Waals surface area contributed by atoms with Gasteiger partial charge in [0.25, 0.3) is 0 Å². The SMILES string of the molecule is Cc1ccc(F)c(O)c1C(N)CC(=O)O. The smallest absolute Gasteiger partial charge is 0.305 e. The van der Waals surface area contributed by atoms with E-state index in [-0.39, 0.29) is 12.0 Å². The van der Waals surface area contributed by atoms with Crippen molar-refractivity contribution >= 4 is 5.97 Å². The number of carbonyl (C=O) groups is 1. The van der Waals surface area contributed by atoms with E-state index in [1.165, 1.54) is 6.07 Å². The summed E-state index contributed by atoms with van der Waals surface area (Å²) in [5, 5.41) is 18.0. The highest BCUT2D eigenvalue weighted by Gasteiger charge is 2.19. The monoisotopic (exact) mass is 213 g/mol. The van der Waals surface area contributed by atoms with Gasteiger partial charge in [0, 0.05) is 11.6 Å². The van der Waals surface area contributed by atoms with Crippen LogP contribution in [0.1, 0.15) is 23.6 Å². The number of carboxylic acids is 1. The van der Waals surface area contributed by atoms with Crippen molar-refractivity contribution in [2.75, 3.05) is 0 Å². The zero-order valence-corrected chi connectivity index (χ0v) is 8.20. The number of phenolic OH excluding ortho intramolecular Hbond substituents is 1. The van der Waals surface area contributed by atoms with Crippen LogP contribution in [0.5, 0.6) is 5.75 Å². The second kappa shape index (κ2) is 4.27. The van der Waals surface area contributed by atoms with Crippen molar-refractivity contribution in [3.05, 3.63) is 29.1 Å². The molecule has 1 aromatic carbocycles. The second-order valence-corrected chi connectivity index (χ2v) is 3.33. The first-order valence-electron chi connectivity index (χ1n) is 4.38. The van der Waals surface area contributed by atoms with Gasteiger partial charge in [-0.05, 0) is 18.6 Å². The number of hydrogen-bond acceptors (Lipinski definition) is 3. The average Bonchev–Trinajstić information content (AvgIpc) is 2.11. The van der Waals surface area contributed by atoms with Gasteiger partial charge in [-0.3, -0.25) is 4.79 Å². The molecule has 0 amide bonds. The molecule has 82 valence electrons. The molecule has 15 heavy (non-hydrogen) atoms. The zero-order valence-electron chi connectivity index (χ0n) is 8.20. The Balaban J connectivity index is 3.12. The van der Waals surface area contributed by atoms with Crippen LogP contribution in [0.25, 0.3) is 0 Å². The molecule has 1 rings (SSSR count). The van der Waals surface area contributed by atoms with Crippen molar-refractivity contribution < 1.29 is 19.4 Å². The molecule has 0 aromatic heterocycles. The van der Waals surface area contributed by atoms with Gasteiger partial charge in [-0.2, -0.15) is 0 Å². The third-order valence-electron chi connectivity index (χ3n) is 2.15. The minimum absolute atomic E-state index is 0.150. The second-order valence-electron chi connectivity index (χ2n) is 3.33. The predicted octanol–water partition coefficient (Wildman–Crippen LogP) is 1.31. The van der Waals surface area contributed by atoms with Crippen LogP contribution in [0.2, 0.25) is 0 Å². The molecular formula is C10H12FNO3. The molecule has 0 aliphatic rings. The molecular weight excluding hydrogens is 201 g/mol. The molecule has 0 saturated carbocycles. The molecule has 0 heterocycles. The van der Waals surface area contributed by atoms with Crippen molar-refractivity contribution in [3.8, 4) is 5.75 Å². The topological polar surface area (TPSA) is 83.5 Å². The molecule has 0 radical (unpaired) electrons. The van der Waals surface area contributed by atoms with Gasteiger partial charge in [0.2, 0.25) is 0 Å². The van der Waals surface area contributed by atoms with Crippen molar-refractivity contribution in [1.82, 2.24) is 0 Å². The summed E-state index contributed by atoms with van der Waals surface area (Å²) >= 11 is 0. The lowest BCUT2D eigenvalue weighted by Crippen LogP contribution is -2.16. The Morgan fingerprint density at radius 2 is 2.20 bits per heavy atom. The van der Waals surface area contributed by atoms with E-state index in [0.717, 1.165) is 6.07 Å². The summed E-state index contributed by atoms with van der Waals surface area (Å²) in [6.45, 7) is 1.64. The summed E-state index contributed by atoms with van der Waals surface area (Å²) < 4.78 is 13.0. The van der Waals surface area contributed by atoms with Crippen molar-refractivity contribution in [3.63, 3.8) is 0 Å². The van der Waals surface area contributed by atoms with Gasteiger partial charge in [-0.15, -0.1) is 0 Å². The van der Waals surface area contributed by atoms with E-state index < -0.39 is 23.6 Å². The maximum absolute atomic E-state index is 13.0. The molecule has 0 fully saturated rings. The summed E-state index contributed by atoms with van der Waals surface area (Å²) in [6.07, 6.45) is -0.349. The summed E-state index contributed by atoms with van der Waals surface area (Å²) in [7, 11) is 0. The summed E-state index contributed by atoms with van der Waals surface area (Å²) in [5.74, 6) is -2.45. The average molecular weight is 213 g/mol. The van der Waals surface area contributed by atoms with E-state index in [1.54, 1.807) is 6.92 Å². The fourth-order valence-electron chi connectivity index (χ4n) is 1.44. The van der Waals surface area contributed by atoms with Crippen LogP contribution in [-0.4, -0.2) is 16.2 Å². The minimum atomic E-state index is -1.09. The Morgan fingerprint density at radius 1 is 1.60 bits per heavy atom. The zero-order chi connectivity index (χ0) is 11.6. The first kappa shape index (κ1) is 11.5. The van der Waals surface area contributed by atoms with Gasteiger partial charge in [0.15, 0.2) is 11.6 Å². The van der Waals surface area contributed by atoms with Crippen LogP contribution in [-0.2, 0) is 4.79 Å². The molecule has 1 aromatic rings. The molecule has 0 aliphatic heterocycles. The van der Waals surface area contributed by atoms with Crippen molar-refractivity contribution in [2.24, 2.45) is 5.73 Å². The standard InChI is InChI=1S/C10H12FNO3/c1-5-2-3-6(11)10(15)9(5)7(12)4-8(13)14/h2-3,7,15H,4,12H2,1H3,(H,13,14). The van der Waals surface area contributed by atoms with Gasteiger partial charge in [-0.25, -0.2) is 4.39 Å². The van der Waals surface area contributed by atoms with E-state index in [0.29, 0.717) is 5.56 Å². The molecule has 0 aliphatic carbocycles. The van der Waals surface area contributed by atoms with Crippen LogP contribution in [0, 0.1) is 12.7 Å². The van der Waals surface area contributed by atoms with Gasteiger partial charge < -0.3 is 15.9 Å². The number of aromatic hydroxyl groups is 1. The quantitative estimate of drug-likeness (QED) is 0.706. The van der Waals surface area contributed by atoms with Gasteiger partial charge in [-0.1, -0.05) is 6.07 Å². The molecule has 4 nitrogen and oxygen atoms in total. The van der Waals surface area contributed by atoms with Crippen molar-refractivity contribution in [2.45, 2.75) is 19.4 Å². The number of halogens is 1. The van der Waals surface area contributed by atoms with Crippen LogP contribution < -0.4 is 5.73 Å². The fraction of sp³-hybridized carbons (Fsp3) is 0.300. The van der Waals surface area contributed by atoms with Gasteiger partial charge in [0.1, 0.15) is 0 Å². The number of aryl methyl sites for hydroxylation is 1.